The predicted octanol–water partition coefficient (Wildman–Crippen LogP) is 2.99. The third-order valence-electron chi connectivity index (χ3n) is 2.31. The average Bonchev–Trinajstić information content (AvgIpc) is 2.33. The third-order valence-corrected chi connectivity index (χ3v) is 3.99. The summed E-state index contributed by atoms with van der Waals surface area (Å²) in [6.45, 7) is 0. The van der Waals surface area contributed by atoms with Gasteiger partial charge in [-0.25, -0.2) is 12.8 Å². The first-order valence-electron chi connectivity index (χ1n) is 5.15. The van der Waals surface area contributed by atoms with Crippen LogP contribution >= 0.6 is 11.6 Å². The number of sulfonamides is 1. The van der Waals surface area contributed by atoms with Gasteiger partial charge in [-0.05, 0) is 36.4 Å². The highest BCUT2D eigenvalue weighted by Crippen LogP contribution is 2.27. The highest BCUT2D eigenvalue weighted by molar-refractivity contribution is 7.92. The second kappa shape index (κ2) is 5.07. The van der Waals surface area contributed by atoms with Crippen molar-refractivity contribution in [2.45, 2.75) is 4.90 Å². The first kappa shape index (κ1) is 13.6. The summed E-state index contributed by atoms with van der Waals surface area (Å²) in [4.78, 5) is -0.198. The first-order chi connectivity index (χ1) is 8.88. The Bertz CT molecular complexity index is 719. The standard InChI is InChI=1S/C12H9ClFNO3S/c13-11-7-9(4-5-12(11)16)15-19(17,18)10-3-1-2-8(14)6-10/h1-7,15-16H. The van der Waals surface area contributed by atoms with Crippen LogP contribution < -0.4 is 4.72 Å². The summed E-state index contributed by atoms with van der Waals surface area (Å²) < 4.78 is 39.2. The molecule has 4 nitrogen and oxygen atoms in total. The molecule has 0 saturated heterocycles. The minimum absolute atomic E-state index is 0.0134. The van der Waals surface area contributed by atoms with Crippen LogP contribution in [0.4, 0.5) is 10.1 Å². The van der Waals surface area contributed by atoms with E-state index in [1.807, 2.05) is 0 Å². The fourth-order valence-electron chi connectivity index (χ4n) is 1.42. The smallest absolute Gasteiger partial charge is 0.261 e. The van der Waals surface area contributed by atoms with Crippen LogP contribution in [0, 0.1) is 5.82 Å². The lowest BCUT2D eigenvalue weighted by atomic mass is 10.3. The van der Waals surface area contributed by atoms with E-state index < -0.39 is 15.8 Å². The molecular formula is C12H9ClFNO3S. The van der Waals surface area contributed by atoms with E-state index in [0.29, 0.717) is 0 Å². The van der Waals surface area contributed by atoms with Crippen LogP contribution in [0.2, 0.25) is 5.02 Å². The summed E-state index contributed by atoms with van der Waals surface area (Å²) in [5.74, 6) is -0.804. The summed E-state index contributed by atoms with van der Waals surface area (Å²) in [6, 6.07) is 8.49. The molecule has 2 N–H and O–H groups in total. The van der Waals surface area contributed by atoms with E-state index in [1.165, 1.54) is 30.3 Å². The topological polar surface area (TPSA) is 66.4 Å². The van der Waals surface area contributed by atoms with Gasteiger partial charge in [-0.1, -0.05) is 17.7 Å². The van der Waals surface area contributed by atoms with E-state index in [9.17, 15) is 17.9 Å². The minimum Gasteiger partial charge on any atom is -0.506 e. The van der Waals surface area contributed by atoms with E-state index in [0.717, 1.165) is 12.1 Å². The number of phenolic OH excluding ortho intramolecular Hbond substituents is 1. The number of rotatable bonds is 3. The molecule has 7 heteroatoms. The maximum Gasteiger partial charge on any atom is 0.261 e. The number of nitrogens with one attached hydrogen (secondary N) is 1. The lowest BCUT2D eigenvalue weighted by Crippen LogP contribution is -2.13. The molecule has 19 heavy (non-hydrogen) atoms. The van der Waals surface area contributed by atoms with Crippen LogP contribution in [-0.4, -0.2) is 13.5 Å². The Balaban J connectivity index is 2.33. The van der Waals surface area contributed by atoms with Crippen molar-refractivity contribution in [3.8, 4) is 5.75 Å². The zero-order chi connectivity index (χ0) is 14.0. The molecule has 2 rings (SSSR count). The molecule has 0 fully saturated rings. The van der Waals surface area contributed by atoms with Crippen LogP contribution in [0.3, 0.4) is 0 Å². The molecule has 0 amide bonds. The van der Waals surface area contributed by atoms with Crippen molar-refractivity contribution in [3.05, 3.63) is 53.3 Å². The van der Waals surface area contributed by atoms with Gasteiger partial charge in [0.25, 0.3) is 10.0 Å². The zero-order valence-electron chi connectivity index (χ0n) is 9.47. The predicted molar refractivity (Wildman–Crippen MR) is 70.3 cm³/mol. The Kier molecular flexibility index (Phi) is 3.64. The zero-order valence-corrected chi connectivity index (χ0v) is 11.0. The molecule has 0 aliphatic carbocycles. The molecule has 2 aromatic carbocycles. The number of benzene rings is 2. The number of halogens is 2. The summed E-state index contributed by atoms with van der Waals surface area (Å²) in [5.41, 5.74) is 0.173. The number of phenols is 1. The molecule has 0 heterocycles. The van der Waals surface area contributed by atoms with E-state index in [2.05, 4.69) is 4.72 Å². The largest absolute Gasteiger partial charge is 0.506 e. The van der Waals surface area contributed by atoms with Crippen molar-refractivity contribution >= 4 is 27.3 Å². The van der Waals surface area contributed by atoms with Crippen LogP contribution in [-0.2, 0) is 10.0 Å². The van der Waals surface area contributed by atoms with Gasteiger partial charge in [0.05, 0.1) is 15.6 Å². The van der Waals surface area contributed by atoms with Crippen LogP contribution in [0.1, 0.15) is 0 Å². The fraction of sp³-hybridized carbons (Fsp3) is 0. The van der Waals surface area contributed by atoms with Gasteiger partial charge in [-0.15, -0.1) is 0 Å². The van der Waals surface area contributed by atoms with Gasteiger partial charge < -0.3 is 5.11 Å². The average molecular weight is 302 g/mol. The lowest BCUT2D eigenvalue weighted by Gasteiger charge is -2.08. The summed E-state index contributed by atoms with van der Waals surface area (Å²) in [5, 5.41) is 9.25. The van der Waals surface area contributed by atoms with Crippen molar-refractivity contribution in [3.63, 3.8) is 0 Å². The Labute approximate surface area is 114 Å². The third kappa shape index (κ3) is 3.15. The molecule has 0 spiro atoms. The van der Waals surface area contributed by atoms with Gasteiger partial charge in [0, 0.05) is 0 Å². The van der Waals surface area contributed by atoms with Gasteiger partial charge in [0.2, 0.25) is 0 Å². The van der Waals surface area contributed by atoms with Gasteiger partial charge in [-0.2, -0.15) is 0 Å². The van der Waals surface area contributed by atoms with Crippen LogP contribution in [0.25, 0.3) is 0 Å². The monoisotopic (exact) mass is 301 g/mol. The van der Waals surface area contributed by atoms with Crippen LogP contribution in [0.15, 0.2) is 47.4 Å². The van der Waals surface area contributed by atoms with Gasteiger partial charge >= 0.3 is 0 Å². The summed E-state index contributed by atoms with van der Waals surface area (Å²) in [6.07, 6.45) is 0. The summed E-state index contributed by atoms with van der Waals surface area (Å²) in [7, 11) is -3.90. The molecule has 0 radical (unpaired) electrons. The number of hydrogen-bond donors (Lipinski definition) is 2. The maximum absolute atomic E-state index is 13.0. The fourth-order valence-corrected chi connectivity index (χ4v) is 2.68. The van der Waals surface area contributed by atoms with E-state index >= 15 is 0 Å². The number of anilines is 1. The van der Waals surface area contributed by atoms with Gasteiger partial charge in [0.15, 0.2) is 0 Å². The van der Waals surface area contributed by atoms with E-state index in [1.54, 1.807) is 0 Å². The maximum atomic E-state index is 13.0. The summed E-state index contributed by atoms with van der Waals surface area (Å²) >= 11 is 5.67. The Morgan fingerprint density at radius 3 is 2.53 bits per heavy atom. The van der Waals surface area contributed by atoms with Crippen molar-refractivity contribution < 1.29 is 17.9 Å². The van der Waals surface area contributed by atoms with Crippen molar-refractivity contribution in [1.82, 2.24) is 0 Å². The minimum atomic E-state index is -3.90. The molecule has 100 valence electrons. The van der Waals surface area contributed by atoms with Gasteiger partial charge in [-0.3, -0.25) is 4.72 Å². The van der Waals surface area contributed by atoms with Gasteiger partial charge in [0.1, 0.15) is 11.6 Å². The highest BCUT2D eigenvalue weighted by atomic mass is 35.5. The van der Waals surface area contributed by atoms with Crippen molar-refractivity contribution in [2.75, 3.05) is 4.72 Å². The molecule has 0 bridgehead atoms. The molecule has 0 atom stereocenters. The van der Waals surface area contributed by atoms with Crippen LogP contribution in [0.5, 0.6) is 5.75 Å². The quantitative estimate of drug-likeness (QED) is 0.857. The highest BCUT2D eigenvalue weighted by Gasteiger charge is 2.15. The number of hydrogen-bond acceptors (Lipinski definition) is 3. The Morgan fingerprint density at radius 1 is 1.16 bits per heavy atom. The Hall–Kier alpha value is -1.79. The lowest BCUT2D eigenvalue weighted by molar-refractivity contribution is 0.475. The molecule has 2 aromatic rings. The molecular weight excluding hydrogens is 293 g/mol. The molecule has 0 aliphatic rings. The van der Waals surface area contributed by atoms with Crippen molar-refractivity contribution in [2.24, 2.45) is 0 Å². The Morgan fingerprint density at radius 2 is 1.89 bits per heavy atom. The second-order valence-electron chi connectivity index (χ2n) is 3.73. The molecule has 0 unspecified atom stereocenters. The molecule has 0 saturated carbocycles. The number of aromatic hydroxyl groups is 1. The SMILES string of the molecule is O=S(=O)(Nc1ccc(O)c(Cl)c1)c1cccc(F)c1. The second-order valence-corrected chi connectivity index (χ2v) is 5.82. The van der Waals surface area contributed by atoms with E-state index in [-0.39, 0.29) is 21.4 Å². The normalized spacial score (nSPS) is 11.3. The van der Waals surface area contributed by atoms with Crippen molar-refractivity contribution in [1.29, 1.82) is 0 Å². The molecule has 0 aromatic heterocycles. The molecule has 0 aliphatic heterocycles. The first-order valence-corrected chi connectivity index (χ1v) is 7.01. The van der Waals surface area contributed by atoms with E-state index in [4.69, 9.17) is 11.6 Å².